The van der Waals surface area contributed by atoms with E-state index >= 15 is 0 Å². The first kappa shape index (κ1) is 16.3. The Balaban J connectivity index is 2.64. The first-order chi connectivity index (χ1) is 9.22. The number of aliphatic hydroxyl groups is 1. The fourth-order valence-electron chi connectivity index (χ4n) is 2.64. The molecule has 0 amide bonds. The van der Waals surface area contributed by atoms with Gasteiger partial charge in [-0.05, 0) is 18.8 Å². The van der Waals surface area contributed by atoms with Gasteiger partial charge in [-0.2, -0.15) is 0 Å². The van der Waals surface area contributed by atoms with Gasteiger partial charge in [0.1, 0.15) is 6.10 Å². The Morgan fingerprint density at radius 1 is 1.32 bits per heavy atom. The third-order valence-electron chi connectivity index (χ3n) is 3.80. The molecular formula is C17H28O2. The summed E-state index contributed by atoms with van der Waals surface area (Å²) in [5.74, 6) is 7.08. The fraction of sp³-hybridized carbons (Fsp3) is 0.765. The Bertz CT molecular complexity index is 313. The van der Waals surface area contributed by atoms with E-state index in [1.165, 1.54) is 12.8 Å². The van der Waals surface area contributed by atoms with E-state index in [9.17, 15) is 5.11 Å². The van der Waals surface area contributed by atoms with E-state index in [4.69, 9.17) is 4.74 Å². The highest BCUT2D eigenvalue weighted by molar-refractivity contribution is 5.12. The van der Waals surface area contributed by atoms with E-state index < -0.39 is 6.29 Å². The summed E-state index contributed by atoms with van der Waals surface area (Å²) >= 11 is 0. The van der Waals surface area contributed by atoms with Crippen LogP contribution in [0, 0.1) is 23.7 Å². The molecule has 1 N–H and O–H groups in total. The summed E-state index contributed by atoms with van der Waals surface area (Å²) in [4.78, 5) is 0. The second-order valence-corrected chi connectivity index (χ2v) is 5.39. The Morgan fingerprint density at radius 3 is 2.68 bits per heavy atom. The second kappa shape index (κ2) is 9.18. The molecule has 0 aromatic rings. The van der Waals surface area contributed by atoms with Crippen LogP contribution < -0.4 is 0 Å². The fourth-order valence-corrected chi connectivity index (χ4v) is 2.64. The van der Waals surface area contributed by atoms with Crippen molar-refractivity contribution in [2.75, 3.05) is 0 Å². The van der Waals surface area contributed by atoms with Gasteiger partial charge in [0, 0.05) is 18.8 Å². The molecule has 0 aliphatic carbocycles. The Hall–Kier alpha value is -0.780. The highest BCUT2D eigenvalue weighted by atomic mass is 16.6. The van der Waals surface area contributed by atoms with Crippen molar-refractivity contribution in [3.8, 4) is 11.8 Å². The molecule has 4 atom stereocenters. The van der Waals surface area contributed by atoms with E-state index in [2.05, 4.69) is 32.3 Å². The van der Waals surface area contributed by atoms with Crippen LogP contribution in [0.25, 0.3) is 0 Å². The molecule has 2 nitrogen and oxygen atoms in total. The summed E-state index contributed by atoms with van der Waals surface area (Å²) < 4.78 is 5.59. The van der Waals surface area contributed by atoms with Gasteiger partial charge in [-0.25, -0.2) is 0 Å². The molecule has 1 fully saturated rings. The van der Waals surface area contributed by atoms with Crippen LogP contribution in [-0.4, -0.2) is 17.5 Å². The number of hydrogen-bond donors (Lipinski definition) is 1. The van der Waals surface area contributed by atoms with E-state index in [0.29, 0.717) is 12.3 Å². The molecular weight excluding hydrogens is 236 g/mol. The molecule has 108 valence electrons. The van der Waals surface area contributed by atoms with Gasteiger partial charge in [0.25, 0.3) is 0 Å². The molecule has 0 aromatic heterocycles. The van der Waals surface area contributed by atoms with Crippen molar-refractivity contribution in [2.24, 2.45) is 11.8 Å². The molecule has 1 rings (SSSR count). The molecule has 2 heteroatoms. The summed E-state index contributed by atoms with van der Waals surface area (Å²) in [6.07, 6.45) is 8.53. The Morgan fingerprint density at radius 2 is 2.05 bits per heavy atom. The largest absolute Gasteiger partial charge is 0.368 e. The van der Waals surface area contributed by atoms with E-state index in [1.807, 2.05) is 6.08 Å². The normalized spacial score (nSPS) is 30.5. The summed E-state index contributed by atoms with van der Waals surface area (Å²) in [5.41, 5.74) is 0. The lowest BCUT2D eigenvalue weighted by molar-refractivity contribution is -0.175. The second-order valence-electron chi connectivity index (χ2n) is 5.39. The van der Waals surface area contributed by atoms with Crippen LogP contribution in [0.3, 0.4) is 0 Å². The smallest absolute Gasteiger partial charge is 0.156 e. The molecule has 0 bridgehead atoms. The molecule has 1 aliphatic heterocycles. The maximum atomic E-state index is 9.84. The van der Waals surface area contributed by atoms with Gasteiger partial charge in [-0.1, -0.05) is 45.1 Å². The van der Waals surface area contributed by atoms with Crippen LogP contribution in [-0.2, 0) is 4.74 Å². The van der Waals surface area contributed by atoms with Crippen molar-refractivity contribution >= 4 is 0 Å². The zero-order valence-corrected chi connectivity index (χ0v) is 12.4. The SMILES string of the molecule is C=CC1C(CCCC)CC(O)OC1C#CCCCC. The van der Waals surface area contributed by atoms with Crippen LogP contribution in [0.4, 0.5) is 0 Å². The molecule has 1 heterocycles. The van der Waals surface area contributed by atoms with Crippen LogP contribution in [0.5, 0.6) is 0 Å². The highest BCUT2D eigenvalue weighted by Crippen LogP contribution is 2.34. The predicted molar refractivity (Wildman–Crippen MR) is 79.5 cm³/mol. The van der Waals surface area contributed by atoms with Crippen molar-refractivity contribution < 1.29 is 9.84 Å². The summed E-state index contributed by atoms with van der Waals surface area (Å²) in [6, 6.07) is 0. The number of rotatable bonds is 6. The number of unbranched alkanes of at least 4 members (excludes halogenated alkanes) is 3. The van der Waals surface area contributed by atoms with E-state index in [-0.39, 0.29) is 12.0 Å². The minimum absolute atomic E-state index is 0.181. The standard InChI is InChI=1S/C17H28O2/c1-4-7-9-10-12-16-15(6-3)14(11-8-5-2)13-17(18)19-16/h6,14-18H,3-5,7-9,11,13H2,1-2H3. The lowest BCUT2D eigenvalue weighted by Gasteiger charge is -2.36. The first-order valence-electron chi connectivity index (χ1n) is 7.67. The van der Waals surface area contributed by atoms with Crippen molar-refractivity contribution in [3.05, 3.63) is 12.7 Å². The summed E-state index contributed by atoms with van der Waals surface area (Å²) in [7, 11) is 0. The molecule has 19 heavy (non-hydrogen) atoms. The molecule has 1 saturated heterocycles. The third-order valence-corrected chi connectivity index (χ3v) is 3.80. The van der Waals surface area contributed by atoms with Crippen LogP contribution >= 0.6 is 0 Å². The number of hydrogen-bond acceptors (Lipinski definition) is 2. The lowest BCUT2D eigenvalue weighted by atomic mass is 9.80. The van der Waals surface area contributed by atoms with Gasteiger partial charge in [0.15, 0.2) is 6.29 Å². The average molecular weight is 264 g/mol. The van der Waals surface area contributed by atoms with Crippen molar-refractivity contribution in [2.45, 2.75) is 71.2 Å². The molecule has 1 aliphatic rings. The van der Waals surface area contributed by atoms with Crippen molar-refractivity contribution in [1.82, 2.24) is 0 Å². The Labute approximate surface area is 118 Å². The average Bonchev–Trinajstić information content (AvgIpc) is 2.41. The monoisotopic (exact) mass is 264 g/mol. The van der Waals surface area contributed by atoms with Crippen LogP contribution in [0.1, 0.15) is 58.8 Å². The summed E-state index contributed by atoms with van der Waals surface area (Å²) in [6.45, 7) is 8.29. The quantitative estimate of drug-likeness (QED) is 0.448. The molecule has 0 aromatic carbocycles. The third kappa shape index (κ3) is 5.38. The van der Waals surface area contributed by atoms with Crippen molar-refractivity contribution in [3.63, 3.8) is 0 Å². The van der Waals surface area contributed by atoms with E-state index in [1.54, 1.807) is 0 Å². The molecule has 0 spiro atoms. The van der Waals surface area contributed by atoms with Gasteiger partial charge in [-0.15, -0.1) is 12.5 Å². The van der Waals surface area contributed by atoms with Gasteiger partial charge < -0.3 is 9.84 Å². The van der Waals surface area contributed by atoms with Crippen LogP contribution in [0.15, 0.2) is 12.7 Å². The minimum Gasteiger partial charge on any atom is -0.368 e. The highest BCUT2D eigenvalue weighted by Gasteiger charge is 2.34. The minimum atomic E-state index is -0.663. The van der Waals surface area contributed by atoms with Gasteiger partial charge in [-0.3, -0.25) is 0 Å². The van der Waals surface area contributed by atoms with Crippen LogP contribution in [0.2, 0.25) is 0 Å². The van der Waals surface area contributed by atoms with E-state index in [0.717, 1.165) is 25.7 Å². The first-order valence-corrected chi connectivity index (χ1v) is 7.67. The zero-order valence-electron chi connectivity index (χ0n) is 12.4. The van der Waals surface area contributed by atoms with Gasteiger partial charge in [0.05, 0.1) is 0 Å². The predicted octanol–water partition coefficient (Wildman–Crippen LogP) is 3.90. The van der Waals surface area contributed by atoms with Gasteiger partial charge in [0.2, 0.25) is 0 Å². The Kier molecular flexibility index (Phi) is 7.86. The number of ether oxygens (including phenoxy) is 1. The molecule has 0 saturated carbocycles. The topological polar surface area (TPSA) is 29.5 Å². The molecule has 0 radical (unpaired) electrons. The maximum absolute atomic E-state index is 9.84. The molecule has 4 unspecified atom stereocenters. The zero-order chi connectivity index (χ0) is 14.1. The summed E-state index contributed by atoms with van der Waals surface area (Å²) in [5, 5.41) is 9.84. The lowest BCUT2D eigenvalue weighted by Crippen LogP contribution is -2.39. The van der Waals surface area contributed by atoms with Crippen molar-refractivity contribution in [1.29, 1.82) is 0 Å². The van der Waals surface area contributed by atoms with Gasteiger partial charge >= 0.3 is 0 Å². The maximum Gasteiger partial charge on any atom is 0.156 e. The number of aliphatic hydroxyl groups excluding tert-OH is 1.